The van der Waals surface area contributed by atoms with Gasteiger partial charge < -0.3 is 21.1 Å². The van der Waals surface area contributed by atoms with E-state index in [1.165, 1.54) is 24.3 Å². The van der Waals surface area contributed by atoms with Crippen LogP contribution in [0.1, 0.15) is 11.6 Å². The zero-order valence-corrected chi connectivity index (χ0v) is 15.7. The molecule has 3 aromatic carbocycles. The second-order valence-electron chi connectivity index (χ2n) is 6.27. The number of nitrogens with two attached hydrogens (primary N) is 1. The molecular formula is C22H20FN3O3. The summed E-state index contributed by atoms with van der Waals surface area (Å²) >= 11 is 0. The first kappa shape index (κ1) is 19.9. The molecule has 7 heteroatoms. The molecule has 0 saturated carbocycles. The minimum absolute atomic E-state index is 0.386. The van der Waals surface area contributed by atoms with Crippen LogP contribution >= 0.6 is 0 Å². The van der Waals surface area contributed by atoms with E-state index in [2.05, 4.69) is 10.6 Å². The van der Waals surface area contributed by atoms with Gasteiger partial charge in [-0.25, -0.2) is 9.18 Å². The first-order valence-electron chi connectivity index (χ1n) is 8.83. The maximum Gasteiger partial charge on any atom is 0.320 e. The lowest BCUT2D eigenvalue weighted by molar-refractivity contribution is -0.119. The first-order chi connectivity index (χ1) is 14.0. The van der Waals surface area contributed by atoms with Gasteiger partial charge in [0, 0.05) is 11.3 Å². The summed E-state index contributed by atoms with van der Waals surface area (Å²) in [7, 11) is 1.59. The number of amides is 3. The van der Waals surface area contributed by atoms with Crippen LogP contribution < -0.4 is 21.1 Å². The van der Waals surface area contributed by atoms with Gasteiger partial charge in [-0.15, -0.1) is 0 Å². The Kier molecular flexibility index (Phi) is 6.09. The summed E-state index contributed by atoms with van der Waals surface area (Å²) in [6.45, 7) is 0. The number of hydrogen-bond donors (Lipinski definition) is 3. The van der Waals surface area contributed by atoms with Crippen molar-refractivity contribution in [3.8, 4) is 16.9 Å². The number of methoxy groups -OCH3 is 1. The maximum atomic E-state index is 13.1. The molecule has 6 nitrogen and oxygen atoms in total. The van der Waals surface area contributed by atoms with Crippen molar-refractivity contribution in [2.75, 3.05) is 12.4 Å². The zero-order chi connectivity index (χ0) is 20.8. The lowest BCUT2D eigenvalue weighted by Gasteiger charge is -2.17. The minimum atomic E-state index is -1.09. The minimum Gasteiger partial charge on any atom is -0.496 e. The molecule has 0 aliphatic carbocycles. The molecule has 0 aliphatic rings. The lowest BCUT2D eigenvalue weighted by atomic mass is 10.0. The van der Waals surface area contributed by atoms with Gasteiger partial charge >= 0.3 is 6.03 Å². The quantitative estimate of drug-likeness (QED) is 0.594. The third kappa shape index (κ3) is 4.90. The van der Waals surface area contributed by atoms with E-state index in [0.29, 0.717) is 17.0 Å². The third-order valence-electron chi connectivity index (χ3n) is 4.30. The van der Waals surface area contributed by atoms with Gasteiger partial charge in [-0.2, -0.15) is 0 Å². The zero-order valence-electron chi connectivity index (χ0n) is 15.7. The molecule has 0 saturated heterocycles. The van der Waals surface area contributed by atoms with Crippen molar-refractivity contribution in [2.45, 2.75) is 6.04 Å². The van der Waals surface area contributed by atoms with Crippen LogP contribution in [-0.2, 0) is 4.79 Å². The molecule has 0 spiro atoms. The van der Waals surface area contributed by atoms with Crippen LogP contribution in [0.25, 0.3) is 11.1 Å². The summed E-state index contributed by atoms with van der Waals surface area (Å²) in [6.07, 6.45) is 0. The van der Waals surface area contributed by atoms with Crippen LogP contribution in [0, 0.1) is 5.82 Å². The number of anilines is 1. The van der Waals surface area contributed by atoms with Gasteiger partial charge in [-0.1, -0.05) is 42.5 Å². The van der Waals surface area contributed by atoms with Crippen molar-refractivity contribution in [1.82, 2.24) is 5.32 Å². The first-order valence-corrected chi connectivity index (χ1v) is 8.83. The number of para-hydroxylation sites is 1. The Labute approximate surface area is 167 Å². The van der Waals surface area contributed by atoms with Crippen molar-refractivity contribution >= 4 is 17.6 Å². The molecule has 0 aliphatic heterocycles. The summed E-state index contributed by atoms with van der Waals surface area (Å²) < 4.78 is 18.5. The van der Waals surface area contributed by atoms with Gasteiger partial charge in [0.25, 0.3) is 0 Å². The molecule has 1 atom stereocenters. The van der Waals surface area contributed by atoms with Crippen LogP contribution in [-0.4, -0.2) is 19.0 Å². The van der Waals surface area contributed by atoms with Crippen molar-refractivity contribution < 1.29 is 18.7 Å². The van der Waals surface area contributed by atoms with E-state index in [-0.39, 0.29) is 0 Å². The van der Waals surface area contributed by atoms with E-state index in [1.54, 1.807) is 25.3 Å². The van der Waals surface area contributed by atoms with E-state index in [9.17, 15) is 14.0 Å². The van der Waals surface area contributed by atoms with Gasteiger partial charge in [-0.05, 0) is 41.5 Å². The summed E-state index contributed by atoms with van der Waals surface area (Å²) in [4.78, 5) is 24.2. The fourth-order valence-corrected chi connectivity index (χ4v) is 2.92. The predicted octanol–water partition coefficient (Wildman–Crippen LogP) is 3.85. The Hall–Kier alpha value is -3.87. The number of rotatable bonds is 6. The monoisotopic (exact) mass is 393 g/mol. The topological polar surface area (TPSA) is 93.4 Å². The fraction of sp³-hybridized carbons (Fsp3) is 0.0909. The molecule has 0 radical (unpaired) electrons. The van der Waals surface area contributed by atoms with E-state index >= 15 is 0 Å². The molecule has 3 aromatic rings. The Balaban J connectivity index is 1.76. The standard InChI is InChI=1S/C22H20FN3O3/c1-29-19-8-3-2-7-18(19)15-5-4-6-17(13-15)25-22(28)26-20(21(24)27)14-9-11-16(23)12-10-14/h2-13,20H,1H3,(H2,24,27)(H2,25,26,28)/t20-/m0/s1. The van der Waals surface area contributed by atoms with Gasteiger partial charge in [0.15, 0.2) is 0 Å². The van der Waals surface area contributed by atoms with Crippen molar-refractivity contribution in [2.24, 2.45) is 5.73 Å². The number of nitrogens with one attached hydrogen (secondary N) is 2. The molecule has 0 bridgehead atoms. The van der Waals surface area contributed by atoms with Crippen molar-refractivity contribution in [3.05, 3.63) is 84.2 Å². The largest absolute Gasteiger partial charge is 0.496 e. The molecule has 0 unspecified atom stereocenters. The highest BCUT2D eigenvalue weighted by molar-refractivity contribution is 5.94. The van der Waals surface area contributed by atoms with Crippen molar-refractivity contribution in [1.29, 1.82) is 0 Å². The Morgan fingerprint density at radius 3 is 2.41 bits per heavy atom. The average molecular weight is 393 g/mol. The predicted molar refractivity (Wildman–Crippen MR) is 109 cm³/mol. The Bertz CT molecular complexity index is 1020. The summed E-state index contributed by atoms with van der Waals surface area (Å²) in [6, 6.07) is 18.2. The number of hydrogen-bond acceptors (Lipinski definition) is 3. The highest BCUT2D eigenvalue weighted by Crippen LogP contribution is 2.31. The Morgan fingerprint density at radius 1 is 1.00 bits per heavy atom. The van der Waals surface area contributed by atoms with E-state index in [1.807, 2.05) is 30.3 Å². The smallest absolute Gasteiger partial charge is 0.320 e. The number of benzene rings is 3. The van der Waals surface area contributed by atoms with Gasteiger partial charge in [-0.3, -0.25) is 4.79 Å². The van der Waals surface area contributed by atoms with Gasteiger partial charge in [0.05, 0.1) is 7.11 Å². The second-order valence-corrected chi connectivity index (χ2v) is 6.27. The molecule has 29 heavy (non-hydrogen) atoms. The van der Waals surface area contributed by atoms with Crippen LogP contribution in [0.2, 0.25) is 0 Å². The number of primary amides is 1. The molecule has 3 rings (SSSR count). The highest BCUT2D eigenvalue weighted by Gasteiger charge is 2.20. The molecular weight excluding hydrogens is 373 g/mol. The molecule has 3 amide bonds. The molecule has 0 aromatic heterocycles. The molecule has 4 N–H and O–H groups in total. The summed E-state index contributed by atoms with van der Waals surface area (Å²) in [5.74, 6) is -0.497. The number of halogens is 1. The summed E-state index contributed by atoms with van der Waals surface area (Å²) in [5, 5.41) is 5.19. The van der Waals surface area contributed by atoms with E-state index < -0.39 is 23.8 Å². The molecule has 148 valence electrons. The second kappa shape index (κ2) is 8.88. The third-order valence-corrected chi connectivity index (χ3v) is 4.30. The fourth-order valence-electron chi connectivity index (χ4n) is 2.92. The maximum absolute atomic E-state index is 13.1. The SMILES string of the molecule is COc1ccccc1-c1cccc(NC(=O)N[C@H](C(N)=O)c2ccc(F)cc2)c1. The number of ether oxygens (including phenoxy) is 1. The number of carbonyl (C=O) groups is 2. The van der Waals surface area contributed by atoms with Crippen molar-refractivity contribution in [3.63, 3.8) is 0 Å². The van der Waals surface area contributed by atoms with Crippen LogP contribution in [0.5, 0.6) is 5.75 Å². The highest BCUT2D eigenvalue weighted by atomic mass is 19.1. The number of urea groups is 1. The van der Waals surface area contributed by atoms with Crippen LogP contribution in [0.3, 0.4) is 0 Å². The Morgan fingerprint density at radius 2 is 1.72 bits per heavy atom. The normalized spacial score (nSPS) is 11.4. The van der Waals surface area contributed by atoms with E-state index in [4.69, 9.17) is 10.5 Å². The van der Waals surface area contributed by atoms with Crippen LogP contribution in [0.4, 0.5) is 14.9 Å². The molecule has 0 fully saturated rings. The van der Waals surface area contributed by atoms with E-state index in [0.717, 1.165) is 11.1 Å². The lowest BCUT2D eigenvalue weighted by Crippen LogP contribution is -2.39. The van der Waals surface area contributed by atoms with Gasteiger partial charge in [0.2, 0.25) is 5.91 Å². The average Bonchev–Trinajstić information content (AvgIpc) is 2.73. The van der Waals surface area contributed by atoms with Crippen LogP contribution in [0.15, 0.2) is 72.8 Å². The molecule has 0 heterocycles. The number of carbonyl (C=O) groups excluding carboxylic acids is 2. The van der Waals surface area contributed by atoms with Gasteiger partial charge in [0.1, 0.15) is 17.6 Å². The summed E-state index contributed by atoms with van der Waals surface area (Å²) in [5.41, 5.74) is 8.03.